The summed E-state index contributed by atoms with van der Waals surface area (Å²) < 4.78 is 0.850. The molecule has 0 aliphatic rings. The minimum Gasteiger partial charge on any atom is -0.298 e. The first-order valence-corrected chi connectivity index (χ1v) is 7.23. The van der Waals surface area contributed by atoms with Gasteiger partial charge < -0.3 is 0 Å². The highest BCUT2D eigenvalue weighted by Crippen LogP contribution is 2.27. The number of hydrogen-bond acceptors (Lipinski definition) is 4. The van der Waals surface area contributed by atoms with E-state index in [1.807, 2.05) is 0 Å². The number of nitrogens with one attached hydrogen (secondary N) is 1. The molecule has 3 rings (SSSR count). The minimum atomic E-state index is -0.305. The number of carbonyl (C=O) groups is 1. The van der Waals surface area contributed by atoms with E-state index in [4.69, 9.17) is 16.9 Å². The Morgan fingerprint density at radius 3 is 2.86 bits per heavy atom. The number of nitrogens with zero attached hydrogens (tertiary/aromatic N) is 2. The van der Waals surface area contributed by atoms with Crippen molar-refractivity contribution in [2.45, 2.75) is 0 Å². The maximum absolute atomic E-state index is 12.2. The fourth-order valence-corrected chi connectivity index (χ4v) is 2.98. The first-order chi connectivity index (χ1) is 10.2. The zero-order chi connectivity index (χ0) is 14.8. The van der Waals surface area contributed by atoms with Crippen LogP contribution >= 0.6 is 22.9 Å². The highest BCUT2D eigenvalue weighted by molar-refractivity contribution is 7.22. The molecule has 0 radical (unpaired) electrons. The summed E-state index contributed by atoms with van der Waals surface area (Å²) >= 11 is 7.31. The van der Waals surface area contributed by atoms with Gasteiger partial charge in [0.1, 0.15) is 0 Å². The lowest BCUT2D eigenvalue weighted by molar-refractivity contribution is 0.102. The van der Waals surface area contributed by atoms with Gasteiger partial charge >= 0.3 is 0 Å². The van der Waals surface area contributed by atoms with Crippen LogP contribution in [0.3, 0.4) is 0 Å². The Hall–Kier alpha value is -2.42. The van der Waals surface area contributed by atoms with E-state index >= 15 is 0 Å². The number of benzene rings is 2. The van der Waals surface area contributed by atoms with Crippen LogP contribution in [0.1, 0.15) is 15.9 Å². The van der Waals surface area contributed by atoms with Crippen LogP contribution < -0.4 is 5.32 Å². The van der Waals surface area contributed by atoms with Crippen LogP contribution in [0.5, 0.6) is 0 Å². The van der Waals surface area contributed by atoms with E-state index in [1.54, 1.807) is 42.5 Å². The van der Waals surface area contributed by atoms with Crippen molar-refractivity contribution in [2.75, 3.05) is 5.32 Å². The Bertz CT molecular complexity index is 882. The molecule has 0 saturated heterocycles. The van der Waals surface area contributed by atoms with E-state index in [1.165, 1.54) is 11.3 Å². The molecule has 1 N–H and O–H groups in total. The Labute approximate surface area is 129 Å². The number of anilines is 1. The number of fused-ring (bicyclic) bond motifs is 1. The number of nitriles is 1. The maximum atomic E-state index is 12.2. The van der Waals surface area contributed by atoms with E-state index in [0.717, 1.165) is 10.2 Å². The van der Waals surface area contributed by atoms with Gasteiger partial charge in [-0.2, -0.15) is 5.26 Å². The average Bonchev–Trinajstić information content (AvgIpc) is 2.88. The molecule has 21 heavy (non-hydrogen) atoms. The van der Waals surface area contributed by atoms with Crippen LogP contribution in [0.25, 0.3) is 10.2 Å². The molecule has 0 unspecified atom stereocenters. The summed E-state index contributed by atoms with van der Waals surface area (Å²) in [7, 11) is 0. The van der Waals surface area contributed by atoms with Gasteiger partial charge in [0, 0.05) is 0 Å². The molecule has 3 aromatic rings. The van der Waals surface area contributed by atoms with Crippen molar-refractivity contribution in [3.05, 3.63) is 58.6 Å². The average molecular weight is 314 g/mol. The van der Waals surface area contributed by atoms with Gasteiger partial charge in [-0.05, 0) is 30.3 Å². The molecule has 6 heteroatoms. The Morgan fingerprint density at radius 2 is 2.10 bits per heavy atom. The molecule has 0 saturated carbocycles. The standard InChI is InChI=1S/C15H8ClN3OS/c16-11-4-2-1-3-10(11)14(20)19-15-18-12-6-5-9(8-17)7-13(12)21-15/h1-7H,(H,18,19,20). The highest BCUT2D eigenvalue weighted by Gasteiger charge is 2.12. The predicted molar refractivity (Wildman–Crippen MR) is 83.7 cm³/mol. The Morgan fingerprint density at radius 1 is 1.29 bits per heavy atom. The number of aromatic nitrogens is 1. The second-order valence-electron chi connectivity index (χ2n) is 4.25. The highest BCUT2D eigenvalue weighted by atomic mass is 35.5. The summed E-state index contributed by atoms with van der Waals surface area (Å²) in [5.41, 5.74) is 1.71. The maximum Gasteiger partial charge on any atom is 0.258 e. The number of halogens is 1. The monoisotopic (exact) mass is 313 g/mol. The number of thiazole rings is 1. The third-order valence-electron chi connectivity index (χ3n) is 2.86. The molecule has 1 amide bonds. The van der Waals surface area contributed by atoms with Gasteiger partial charge in [0.05, 0.1) is 32.4 Å². The third-order valence-corrected chi connectivity index (χ3v) is 4.12. The molecule has 0 spiro atoms. The lowest BCUT2D eigenvalue weighted by atomic mass is 10.2. The van der Waals surface area contributed by atoms with Crippen LogP contribution in [0.2, 0.25) is 5.02 Å². The fourth-order valence-electron chi connectivity index (χ4n) is 1.86. The molecule has 0 aliphatic carbocycles. The number of carbonyl (C=O) groups excluding carboxylic acids is 1. The molecule has 4 nitrogen and oxygen atoms in total. The van der Waals surface area contributed by atoms with Crippen molar-refractivity contribution in [1.82, 2.24) is 4.98 Å². The minimum absolute atomic E-state index is 0.305. The quantitative estimate of drug-likeness (QED) is 0.775. The fraction of sp³-hybridized carbons (Fsp3) is 0. The molecule has 0 fully saturated rings. The smallest absolute Gasteiger partial charge is 0.258 e. The largest absolute Gasteiger partial charge is 0.298 e. The van der Waals surface area contributed by atoms with Crippen molar-refractivity contribution in [3.63, 3.8) is 0 Å². The van der Waals surface area contributed by atoms with E-state index in [0.29, 0.717) is 21.3 Å². The van der Waals surface area contributed by atoms with Gasteiger partial charge in [-0.15, -0.1) is 0 Å². The summed E-state index contributed by atoms with van der Waals surface area (Å²) in [6.45, 7) is 0. The zero-order valence-electron chi connectivity index (χ0n) is 10.6. The van der Waals surface area contributed by atoms with Gasteiger partial charge in [-0.25, -0.2) is 4.98 Å². The lowest BCUT2D eigenvalue weighted by Crippen LogP contribution is -2.11. The van der Waals surface area contributed by atoms with Crippen LogP contribution in [0, 0.1) is 11.3 Å². The van der Waals surface area contributed by atoms with E-state index < -0.39 is 0 Å². The van der Waals surface area contributed by atoms with Crippen molar-refractivity contribution in [3.8, 4) is 6.07 Å². The van der Waals surface area contributed by atoms with Crippen molar-refractivity contribution in [2.24, 2.45) is 0 Å². The van der Waals surface area contributed by atoms with Crippen LogP contribution in [-0.4, -0.2) is 10.9 Å². The van der Waals surface area contributed by atoms with Gasteiger partial charge in [-0.3, -0.25) is 10.1 Å². The van der Waals surface area contributed by atoms with E-state index in [-0.39, 0.29) is 5.91 Å². The summed E-state index contributed by atoms with van der Waals surface area (Å²) in [4.78, 5) is 16.5. The normalized spacial score (nSPS) is 10.3. The molecular weight excluding hydrogens is 306 g/mol. The number of hydrogen-bond donors (Lipinski definition) is 1. The van der Waals surface area contributed by atoms with Crippen molar-refractivity contribution < 1.29 is 4.79 Å². The van der Waals surface area contributed by atoms with Gasteiger partial charge in [0.2, 0.25) is 0 Å². The lowest BCUT2D eigenvalue weighted by Gasteiger charge is -2.02. The summed E-state index contributed by atoms with van der Waals surface area (Å²) in [5.74, 6) is -0.305. The van der Waals surface area contributed by atoms with Gasteiger partial charge in [0.25, 0.3) is 5.91 Å². The second-order valence-corrected chi connectivity index (χ2v) is 5.69. The molecule has 0 bridgehead atoms. The summed E-state index contributed by atoms with van der Waals surface area (Å²) in [6, 6.07) is 14.1. The van der Waals surface area contributed by atoms with Crippen LogP contribution in [0.4, 0.5) is 5.13 Å². The number of rotatable bonds is 2. The third kappa shape index (κ3) is 2.72. The summed E-state index contributed by atoms with van der Waals surface area (Å²) in [6.07, 6.45) is 0. The van der Waals surface area contributed by atoms with Crippen LogP contribution in [0.15, 0.2) is 42.5 Å². The first kappa shape index (κ1) is 13.6. The van der Waals surface area contributed by atoms with Gasteiger partial charge in [0.15, 0.2) is 5.13 Å². The van der Waals surface area contributed by atoms with E-state index in [9.17, 15) is 4.79 Å². The Balaban J connectivity index is 1.90. The molecule has 0 atom stereocenters. The van der Waals surface area contributed by atoms with Crippen molar-refractivity contribution in [1.29, 1.82) is 5.26 Å². The van der Waals surface area contributed by atoms with Gasteiger partial charge in [-0.1, -0.05) is 35.1 Å². The molecular formula is C15H8ClN3OS. The van der Waals surface area contributed by atoms with Crippen LogP contribution in [-0.2, 0) is 0 Å². The Kier molecular flexibility index (Phi) is 3.57. The molecule has 102 valence electrons. The van der Waals surface area contributed by atoms with E-state index in [2.05, 4.69) is 16.4 Å². The zero-order valence-corrected chi connectivity index (χ0v) is 12.2. The first-order valence-electron chi connectivity index (χ1n) is 6.04. The number of amides is 1. The molecule has 0 aliphatic heterocycles. The molecule has 1 heterocycles. The SMILES string of the molecule is N#Cc1ccc2nc(NC(=O)c3ccccc3Cl)sc2c1. The summed E-state index contributed by atoms with van der Waals surface area (Å²) in [5, 5.41) is 12.5. The predicted octanol–water partition coefficient (Wildman–Crippen LogP) is 4.07. The molecule has 1 aromatic heterocycles. The topological polar surface area (TPSA) is 65.8 Å². The van der Waals surface area contributed by atoms with Crippen molar-refractivity contribution >= 4 is 44.2 Å². The second kappa shape index (κ2) is 5.52. The molecule has 2 aromatic carbocycles.